The predicted molar refractivity (Wildman–Crippen MR) is 169 cm³/mol. The zero-order valence-corrected chi connectivity index (χ0v) is 25.1. The number of fused-ring (bicyclic) bond motifs is 3. The van der Waals surface area contributed by atoms with Crippen LogP contribution in [-0.4, -0.2) is 45.3 Å². The maximum absolute atomic E-state index is 11.6. The van der Waals surface area contributed by atoms with Gasteiger partial charge in [-0.15, -0.1) is 0 Å². The first-order chi connectivity index (χ1) is 20.5. The van der Waals surface area contributed by atoms with Gasteiger partial charge in [0.1, 0.15) is 5.75 Å². The molecule has 1 aromatic heterocycles. The predicted octanol–water partition coefficient (Wildman–Crippen LogP) is 4.75. The second-order valence-corrected chi connectivity index (χ2v) is 11.6. The highest BCUT2D eigenvalue weighted by molar-refractivity contribution is 7.79. The lowest BCUT2D eigenvalue weighted by molar-refractivity contribution is 0.171. The van der Waals surface area contributed by atoms with E-state index in [1.54, 1.807) is 12.1 Å². The number of H-pyrrole nitrogens is 1. The summed E-state index contributed by atoms with van der Waals surface area (Å²) in [6.07, 6.45) is 8.83. The summed E-state index contributed by atoms with van der Waals surface area (Å²) in [7, 11) is -4.67. The second-order valence-electron chi connectivity index (χ2n) is 10.7. The molecule has 0 fully saturated rings. The average molecular weight is 607 g/mol. The maximum Gasteiger partial charge on any atom is 0.394 e. The number of phenolic OH excluding ortho intramolecular Hbond substituents is 1. The number of hydrogen-bond donors (Lipinski definition) is 6. The topological polar surface area (TPSA) is 160 Å². The van der Waals surface area contributed by atoms with Gasteiger partial charge >= 0.3 is 10.4 Å². The van der Waals surface area contributed by atoms with E-state index < -0.39 is 16.5 Å². The zero-order valence-electron chi connectivity index (χ0n) is 24.2. The minimum absolute atomic E-state index is 0.00584. The van der Waals surface area contributed by atoms with Crippen LogP contribution in [-0.2, 0) is 42.5 Å². The number of rotatable bonds is 6. The molecule has 0 bridgehead atoms. The van der Waals surface area contributed by atoms with Gasteiger partial charge in [-0.05, 0) is 83.2 Å². The number of aliphatic hydroxyl groups excluding tert-OH is 1. The molecule has 6 rings (SSSR count). The number of aromatic amines is 1. The van der Waals surface area contributed by atoms with E-state index >= 15 is 0 Å². The van der Waals surface area contributed by atoms with Crippen LogP contribution in [0.4, 0.5) is 0 Å². The lowest BCUT2D eigenvalue weighted by Crippen LogP contribution is -2.33. The van der Waals surface area contributed by atoms with Gasteiger partial charge in [-0.1, -0.05) is 68.5 Å². The molecule has 0 saturated heterocycles. The molecule has 2 aliphatic carbocycles. The van der Waals surface area contributed by atoms with E-state index in [1.165, 1.54) is 45.5 Å². The summed E-state index contributed by atoms with van der Waals surface area (Å²) in [4.78, 5) is 14.2. The van der Waals surface area contributed by atoms with Gasteiger partial charge in [0.05, 0.1) is 11.6 Å². The summed E-state index contributed by atoms with van der Waals surface area (Å²) in [6, 6.07) is 19.8. The van der Waals surface area contributed by atoms with E-state index in [4.69, 9.17) is 17.5 Å². The van der Waals surface area contributed by atoms with Crippen molar-refractivity contribution in [3.8, 4) is 5.75 Å². The Morgan fingerprint density at radius 2 is 1.56 bits per heavy atom. The van der Waals surface area contributed by atoms with Crippen LogP contribution >= 0.6 is 0 Å². The number of allylic oxidation sites excluding steroid dienone is 1. The van der Waals surface area contributed by atoms with Gasteiger partial charge in [-0.25, -0.2) is 0 Å². The van der Waals surface area contributed by atoms with Crippen molar-refractivity contribution >= 4 is 27.4 Å². The van der Waals surface area contributed by atoms with Gasteiger partial charge in [0.2, 0.25) is 5.56 Å². The lowest BCUT2D eigenvalue weighted by Gasteiger charge is -2.18. The SMILES string of the molecule is C1=Cc2ccccc2C1.CCc1cc2c(cc1CC)CC(NC[C@H](O)c1ccc(O)c3[nH]c(=O)ccc13)C2.O=S(=O)(O)O. The molecule has 3 aromatic carbocycles. The molecule has 0 saturated carbocycles. The summed E-state index contributed by atoms with van der Waals surface area (Å²) in [6.45, 7) is 4.83. The molecule has 9 nitrogen and oxygen atoms in total. The minimum atomic E-state index is -4.67. The van der Waals surface area contributed by atoms with Crippen LogP contribution in [0.3, 0.4) is 0 Å². The van der Waals surface area contributed by atoms with Gasteiger partial charge in [0, 0.05) is 24.0 Å². The number of aliphatic hydroxyl groups is 1. The van der Waals surface area contributed by atoms with Crippen molar-refractivity contribution in [3.63, 3.8) is 0 Å². The minimum Gasteiger partial charge on any atom is -0.506 e. The second kappa shape index (κ2) is 14.1. The molecule has 0 unspecified atom stereocenters. The molecule has 2 aliphatic rings. The number of pyridine rings is 1. The number of hydrogen-bond acceptors (Lipinski definition) is 6. The van der Waals surface area contributed by atoms with Crippen molar-refractivity contribution in [1.29, 1.82) is 0 Å². The van der Waals surface area contributed by atoms with E-state index in [2.05, 4.69) is 72.7 Å². The van der Waals surface area contributed by atoms with Crippen LogP contribution in [0.25, 0.3) is 17.0 Å². The normalized spacial score (nSPS) is 14.3. The zero-order chi connectivity index (χ0) is 31.1. The first kappa shape index (κ1) is 32.1. The standard InChI is InChI=1S/C24H28N2O3.C9H8.H2O4S/c1-3-14-9-16-11-18(12-17(16)10-15(14)4-2)25-13-22(28)19-5-7-21(27)24-20(19)6-8-23(29)26-24;1-2-5-9-7-3-6-8(9)4-1;1-5(2,3)4/h5-10,18,22,25,27-28H,3-4,11-13H2,1-2H3,(H,26,29);1-6H,7H2;(H2,1,2,3,4)/t22-;;/m0../s1. The van der Waals surface area contributed by atoms with E-state index in [0.717, 1.165) is 32.1 Å². The molecule has 228 valence electrons. The maximum atomic E-state index is 11.6. The molecular weight excluding hydrogens is 568 g/mol. The molecule has 1 atom stereocenters. The fourth-order valence-corrected chi connectivity index (χ4v) is 5.71. The Bertz CT molecular complexity index is 1740. The van der Waals surface area contributed by atoms with E-state index in [9.17, 15) is 15.0 Å². The average Bonchev–Trinajstić information content (AvgIpc) is 3.61. The Labute approximate surface area is 251 Å². The molecule has 0 amide bonds. The van der Waals surface area contributed by atoms with E-state index in [0.29, 0.717) is 29.1 Å². The van der Waals surface area contributed by atoms with Crippen molar-refractivity contribution in [3.05, 3.63) is 116 Å². The molecule has 0 aliphatic heterocycles. The molecule has 6 N–H and O–H groups in total. The molecule has 10 heteroatoms. The van der Waals surface area contributed by atoms with Gasteiger partial charge < -0.3 is 20.5 Å². The van der Waals surface area contributed by atoms with E-state index in [-0.39, 0.29) is 11.3 Å². The number of aryl methyl sites for hydroxylation is 2. The van der Waals surface area contributed by atoms with Crippen LogP contribution in [0.5, 0.6) is 5.75 Å². The quantitative estimate of drug-likeness (QED) is 0.172. The molecule has 1 heterocycles. The number of phenols is 1. The third-order valence-electron chi connectivity index (χ3n) is 7.77. The molecule has 43 heavy (non-hydrogen) atoms. The molecular formula is C33H38N2O7S. The summed E-state index contributed by atoms with van der Waals surface area (Å²) < 4.78 is 31.6. The summed E-state index contributed by atoms with van der Waals surface area (Å²) >= 11 is 0. The van der Waals surface area contributed by atoms with Crippen LogP contribution in [0.1, 0.15) is 58.9 Å². The third-order valence-corrected chi connectivity index (χ3v) is 7.77. The van der Waals surface area contributed by atoms with Gasteiger partial charge in [-0.2, -0.15) is 8.42 Å². The van der Waals surface area contributed by atoms with Crippen LogP contribution in [0, 0.1) is 0 Å². The Kier molecular flexibility index (Phi) is 10.5. The first-order valence-electron chi connectivity index (χ1n) is 14.3. The Morgan fingerprint density at radius 1 is 0.930 bits per heavy atom. The Morgan fingerprint density at radius 3 is 2.16 bits per heavy atom. The van der Waals surface area contributed by atoms with Crippen molar-refractivity contribution < 1.29 is 27.7 Å². The fourth-order valence-electron chi connectivity index (χ4n) is 5.71. The largest absolute Gasteiger partial charge is 0.506 e. The lowest BCUT2D eigenvalue weighted by atomic mass is 9.97. The number of aromatic hydroxyl groups is 1. The number of benzene rings is 3. The van der Waals surface area contributed by atoms with Crippen molar-refractivity contribution in [2.24, 2.45) is 0 Å². The van der Waals surface area contributed by atoms with Gasteiger partial charge in [-0.3, -0.25) is 13.9 Å². The summed E-state index contributed by atoms with van der Waals surface area (Å²) in [5.41, 5.74) is 9.33. The summed E-state index contributed by atoms with van der Waals surface area (Å²) in [5, 5.41) is 25.0. The molecule has 0 radical (unpaired) electrons. The number of nitrogens with one attached hydrogen (secondary N) is 2. The molecule has 0 spiro atoms. The van der Waals surface area contributed by atoms with Gasteiger partial charge in [0.25, 0.3) is 0 Å². The van der Waals surface area contributed by atoms with Crippen LogP contribution < -0.4 is 10.9 Å². The highest BCUT2D eigenvalue weighted by atomic mass is 32.3. The van der Waals surface area contributed by atoms with Crippen LogP contribution in [0.2, 0.25) is 0 Å². The monoisotopic (exact) mass is 606 g/mol. The smallest absolute Gasteiger partial charge is 0.394 e. The third kappa shape index (κ3) is 8.62. The van der Waals surface area contributed by atoms with Gasteiger partial charge in [0.15, 0.2) is 0 Å². The van der Waals surface area contributed by atoms with Crippen molar-refractivity contribution in [1.82, 2.24) is 10.3 Å². The molecule has 4 aromatic rings. The fraction of sp³-hybridized carbons (Fsp3) is 0.303. The highest BCUT2D eigenvalue weighted by Gasteiger charge is 2.24. The van der Waals surface area contributed by atoms with Crippen molar-refractivity contribution in [2.75, 3.05) is 6.54 Å². The first-order valence-corrected chi connectivity index (χ1v) is 15.7. The Hall–Kier alpha value is -3.80. The van der Waals surface area contributed by atoms with Crippen LogP contribution in [0.15, 0.2) is 71.5 Å². The Balaban J connectivity index is 0.000000247. The number of aromatic nitrogens is 1. The van der Waals surface area contributed by atoms with E-state index in [1.807, 2.05) is 0 Å². The highest BCUT2D eigenvalue weighted by Crippen LogP contribution is 2.30. The summed E-state index contributed by atoms with van der Waals surface area (Å²) in [5.74, 6) is 0.00584. The van der Waals surface area contributed by atoms with Crippen molar-refractivity contribution in [2.45, 2.75) is 58.1 Å².